The first-order valence-corrected chi connectivity index (χ1v) is 6.43. The molecule has 0 aromatic heterocycles. The summed E-state index contributed by atoms with van der Waals surface area (Å²) in [6.45, 7) is 18.4. The van der Waals surface area contributed by atoms with Crippen LogP contribution in [0, 0.1) is 5.92 Å². The standard InChI is InChI=1S/C18H26/c1-8-9-10-17(15(4)5)13-18(16(6)7)12-11-14(2)3/h8-14H,4,6H2,1-3,5,7H3. The zero-order valence-electron chi connectivity index (χ0n) is 12.5. The molecule has 0 heteroatoms. The lowest BCUT2D eigenvalue weighted by atomic mass is 10.00. The van der Waals surface area contributed by atoms with E-state index < -0.39 is 0 Å². The van der Waals surface area contributed by atoms with Gasteiger partial charge in [-0.15, -0.1) is 0 Å². The van der Waals surface area contributed by atoms with E-state index in [1.165, 1.54) is 0 Å². The van der Waals surface area contributed by atoms with Crippen molar-refractivity contribution in [2.24, 2.45) is 5.92 Å². The van der Waals surface area contributed by atoms with Gasteiger partial charge in [-0.3, -0.25) is 0 Å². The fraction of sp³-hybridized carbons (Fsp3) is 0.333. The second-order valence-corrected chi connectivity index (χ2v) is 4.91. The molecule has 0 saturated heterocycles. The molecule has 0 nitrogen and oxygen atoms in total. The normalized spacial score (nSPS) is 13.9. The van der Waals surface area contributed by atoms with Gasteiger partial charge < -0.3 is 0 Å². The molecular formula is C18H26. The maximum absolute atomic E-state index is 4.03. The fourth-order valence-corrected chi connectivity index (χ4v) is 1.29. The highest BCUT2D eigenvalue weighted by atomic mass is 14.0. The van der Waals surface area contributed by atoms with Gasteiger partial charge in [-0.05, 0) is 43.9 Å². The number of rotatable bonds is 6. The molecule has 0 radical (unpaired) electrons. The summed E-state index contributed by atoms with van der Waals surface area (Å²) < 4.78 is 0. The van der Waals surface area contributed by atoms with E-state index in [0.29, 0.717) is 5.92 Å². The largest absolute Gasteiger partial charge is 0.0955 e. The minimum Gasteiger partial charge on any atom is -0.0955 e. The fourth-order valence-electron chi connectivity index (χ4n) is 1.29. The molecule has 0 fully saturated rings. The van der Waals surface area contributed by atoms with Gasteiger partial charge in [0.15, 0.2) is 0 Å². The van der Waals surface area contributed by atoms with E-state index in [-0.39, 0.29) is 0 Å². The van der Waals surface area contributed by atoms with Crippen molar-refractivity contribution in [3.8, 4) is 0 Å². The Hall–Kier alpha value is -1.56. The van der Waals surface area contributed by atoms with Crippen LogP contribution >= 0.6 is 0 Å². The van der Waals surface area contributed by atoms with Crippen molar-refractivity contribution in [1.82, 2.24) is 0 Å². The lowest BCUT2D eigenvalue weighted by Crippen LogP contribution is -1.87. The van der Waals surface area contributed by atoms with E-state index in [4.69, 9.17) is 0 Å². The van der Waals surface area contributed by atoms with Gasteiger partial charge in [-0.2, -0.15) is 0 Å². The average molecular weight is 242 g/mol. The molecule has 0 aliphatic heterocycles. The van der Waals surface area contributed by atoms with Crippen molar-refractivity contribution in [3.63, 3.8) is 0 Å². The minimum absolute atomic E-state index is 0.542. The van der Waals surface area contributed by atoms with Crippen LogP contribution < -0.4 is 0 Å². The van der Waals surface area contributed by atoms with Gasteiger partial charge in [0.2, 0.25) is 0 Å². The smallest absolute Gasteiger partial charge is 0.0227 e. The van der Waals surface area contributed by atoms with Crippen molar-refractivity contribution >= 4 is 0 Å². The summed E-state index contributed by atoms with van der Waals surface area (Å²) in [4.78, 5) is 0. The second-order valence-electron chi connectivity index (χ2n) is 4.91. The molecule has 0 aliphatic rings. The Morgan fingerprint density at radius 1 is 1.00 bits per heavy atom. The van der Waals surface area contributed by atoms with Crippen LogP contribution in [-0.4, -0.2) is 0 Å². The summed E-state index contributed by atoms with van der Waals surface area (Å²) in [6.07, 6.45) is 12.6. The minimum atomic E-state index is 0.542. The van der Waals surface area contributed by atoms with Gasteiger partial charge in [-0.25, -0.2) is 0 Å². The van der Waals surface area contributed by atoms with Crippen LogP contribution in [0.3, 0.4) is 0 Å². The van der Waals surface area contributed by atoms with Crippen LogP contribution in [0.15, 0.2) is 71.9 Å². The highest BCUT2D eigenvalue weighted by Crippen LogP contribution is 2.17. The lowest BCUT2D eigenvalue weighted by molar-refractivity contribution is 0.831. The summed E-state index contributed by atoms with van der Waals surface area (Å²) in [7, 11) is 0. The highest BCUT2D eigenvalue weighted by molar-refractivity contribution is 5.48. The first-order valence-electron chi connectivity index (χ1n) is 6.43. The van der Waals surface area contributed by atoms with Crippen molar-refractivity contribution in [2.45, 2.75) is 34.6 Å². The molecule has 0 amide bonds. The van der Waals surface area contributed by atoms with Crippen molar-refractivity contribution in [3.05, 3.63) is 71.9 Å². The Kier molecular flexibility index (Phi) is 7.78. The van der Waals surface area contributed by atoms with Gasteiger partial charge >= 0.3 is 0 Å². The summed E-state index contributed by atoms with van der Waals surface area (Å²) in [5.41, 5.74) is 4.42. The molecule has 0 aromatic rings. The van der Waals surface area contributed by atoms with Crippen molar-refractivity contribution in [2.75, 3.05) is 0 Å². The summed E-state index contributed by atoms with van der Waals surface area (Å²) >= 11 is 0. The SMILES string of the molecule is C=C(C)C(=CC=CC)C=C(C=CC(C)C)C(=C)C. The molecule has 0 heterocycles. The van der Waals surface area contributed by atoms with Crippen LogP contribution in [-0.2, 0) is 0 Å². The van der Waals surface area contributed by atoms with Crippen LogP contribution in [0.2, 0.25) is 0 Å². The monoisotopic (exact) mass is 242 g/mol. The van der Waals surface area contributed by atoms with Gasteiger partial charge in [0, 0.05) is 0 Å². The summed E-state index contributed by atoms with van der Waals surface area (Å²) in [6, 6.07) is 0. The van der Waals surface area contributed by atoms with E-state index in [9.17, 15) is 0 Å². The maximum Gasteiger partial charge on any atom is -0.0227 e. The van der Waals surface area contributed by atoms with E-state index in [0.717, 1.165) is 22.3 Å². The quantitative estimate of drug-likeness (QED) is 0.518. The third kappa shape index (κ3) is 6.90. The van der Waals surface area contributed by atoms with Crippen LogP contribution in [0.1, 0.15) is 34.6 Å². The van der Waals surface area contributed by atoms with E-state index >= 15 is 0 Å². The first-order chi connectivity index (χ1) is 8.38. The van der Waals surface area contributed by atoms with Gasteiger partial charge in [0.1, 0.15) is 0 Å². The molecule has 0 bridgehead atoms. The molecule has 0 aliphatic carbocycles. The first kappa shape index (κ1) is 16.4. The molecule has 0 rings (SSSR count). The van der Waals surface area contributed by atoms with Crippen LogP contribution in [0.4, 0.5) is 0 Å². The zero-order chi connectivity index (χ0) is 14.1. The van der Waals surface area contributed by atoms with Crippen LogP contribution in [0.25, 0.3) is 0 Å². The molecule has 0 spiro atoms. The second kappa shape index (κ2) is 8.52. The lowest BCUT2D eigenvalue weighted by Gasteiger charge is -2.06. The molecule has 0 N–H and O–H groups in total. The van der Waals surface area contributed by atoms with E-state index in [1.807, 2.05) is 32.9 Å². The molecule has 18 heavy (non-hydrogen) atoms. The Bertz CT molecular complexity index is 409. The van der Waals surface area contributed by atoms with Crippen LogP contribution in [0.5, 0.6) is 0 Å². The Balaban J connectivity index is 5.37. The van der Waals surface area contributed by atoms with Crippen molar-refractivity contribution in [1.29, 1.82) is 0 Å². The molecular weight excluding hydrogens is 216 g/mol. The van der Waals surface area contributed by atoms with E-state index in [2.05, 4.69) is 51.3 Å². The van der Waals surface area contributed by atoms with Crippen molar-refractivity contribution < 1.29 is 0 Å². The Labute approximate surface area is 113 Å². The topological polar surface area (TPSA) is 0 Å². The Morgan fingerprint density at radius 2 is 1.56 bits per heavy atom. The average Bonchev–Trinajstić information content (AvgIpc) is 2.26. The molecule has 0 unspecified atom stereocenters. The third-order valence-electron chi connectivity index (χ3n) is 2.43. The maximum atomic E-state index is 4.03. The zero-order valence-corrected chi connectivity index (χ0v) is 12.5. The molecule has 98 valence electrons. The Morgan fingerprint density at radius 3 is 1.94 bits per heavy atom. The highest BCUT2D eigenvalue weighted by Gasteiger charge is 1.98. The predicted octanol–water partition coefficient (Wildman–Crippen LogP) is 5.78. The van der Waals surface area contributed by atoms with Gasteiger partial charge in [0.25, 0.3) is 0 Å². The molecule has 0 atom stereocenters. The van der Waals surface area contributed by atoms with Gasteiger partial charge in [-0.1, -0.05) is 68.5 Å². The summed E-state index contributed by atoms with van der Waals surface area (Å²) in [5, 5.41) is 0. The third-order valence-corrected chi connectivity index (χ3v) is 2.43. The van der Waals surface area contributed by atoms with Gasteiger partial charge in [0.05, 0.1) is 0 Å². The number of allylic oxidation sites excluding steroid dienone is 10. The predicted molar refractivity (Wildman–Crippen MR) is 84.6 cm³/mol. The molecule has 0 saturated carbocycles. The molecule has 0 aromatic carbocycles. The number of hydrogen-bond donors (Lipinski definition) is 0. The summed E-state index contributed by atoms with van der Waals surface area (Å²) in [5.74, 6) is 0.542. The van der Waals surface area contributed by atoms with E-state index in [1.54, 1.807) is 0 Å². The number of hydrogen-bond acceptors (Lipinski definition) is 0.